The number of esters is 1. The Morgan fingerprint density at radius 2 is 1.94 bits per heavy atom. The average molecular weight is 243 g/mol. The Kier molecular flexibility index (Phi) is 6.52. The molecular weight excluding hydrogens is 218 g/mol. The zero-order valence-electron chi connectivity index (χ0n) is 10.9. The molecule has 0 radical (unpaired) electrons. The van der Waals surface area contributed by atoms with E-state index in [-0.39, 0.29) is 11.4 Å². The second kappa shape index (κ2) is 7.67. The lowest BCUT2D eigenvalue weighted by molar-refractivity contribution is -0.147. The maximum Gasteiger partial charge on any atom is 0.306 e. The van der Waals surface area contributed by atoms with Gasteiger partial charge in [0.1, 0.15) is 0 Å². The number of hydrogen-bond acceptors (Lipinski definition) is 4. The third kappa shape index (κ3) is 5.04. The third-order valence-corrected chi connectivity index (χ3v) is 3.62. The van der Waals surface area contributed by atoms with Crippen LogP contribution in [0.2, 0.25) is 0 Å². The van der Waals surface area contributed by atoms with Gasteiger partial charge in [-0.3, -0.25) is 4.79 Å². The summed E-state index contributed by atoms with van der Waals surface area (Å²) in [6.45, 7) is 1.68. The van der Waals surface area contributed by atoms with Crippen LogP contribution in [0.15, 0.2) is 0 Å². The van der Waals surface area contributed by atoms with Crippen LogP contribution < -0.4 is 5.73 Å². The topological polar surface area (TPSA) is 61.5 Å². The summed E-state index contributed by atoms with van der Waals surface area (Å²) in [5.74, 6) is -0.103. The molecule has 100 valence electrons. The van der Waals surface area contributed by atoms with E-state index in [9.17, 15) is 4.79 Å². The summed E-state index contributed by atoms with van der Waals surface area (Å²) in [5.41, 5.74) is 5.85. The second-order valence-electron chi connectivity index (χ2n) is 5.01. The van der Waals surface area contributed by atoms with Crippen LogP contribution in [0.1, 0.15) is 44.9 Å². The molecule has 17 heavy (non-hydrogen) atoms. The fourth-order valence-electron chi connectivity index (χ4n) is 2.50. The smallest absolute Gasteiger partial charge is 0.306 e. The molecule has 1 saturated carbocycles. The molecule has 0 heterocycles. The minimum atomic E-state index is -0.103. The first-order valence-electron chi connectivity index (χ1n) is 6.57. The Hall–Kier alpha value is -0.610. The number of ether oxygens (including phenoxy) is 2. The summed E-state index contributed by atoms with van der Waals surface area (Å²) in [6, 6.07) is 0. The highest BCUT2D eigenvalue weighted by Crippen LogP contribution is 2.38. The van der Waals surface area contributed by atoms with Crippen LogP contribution in [0.5, 0.6) is 0 Å². The van der Waals surface area contributed by atoms with E-state index in [2.05, 4.69) is 0 Å². The number of methoxy groups -OCH3 is 1. The van der Waals surface area contributed by atoms with Gasteiger partial charge in [0.25, 0.3) is 0 Å². The number of rotatable bonds is 7. The first kappa shape index (κ1) is 14.5. The van der Waals surface area contributed by atoms with Crippen molar-refractivity contribution in [1.82, 2.24) is 0 Å². The molecule has 2 N–H and O–H groups in total. The van der Waals surface area contributed by atoms with Crippen molar-refractivity contribution in [2.75, 3.05) is 26.9 Å². The van der Waals surface area contributed by atoms with Crippen molar-refractivity contribution >= 4 is 5.97 Å². The van der Waals surface area contributed by atoms with E-state index in [0.717, 1.165) is 19.3 Å². The first-order valence-corrected chi connectivity index (χ1v) is 6.57. The minimum Gasteiger partial charge on any atom is -0.466 e. The van der Waals surface area contributed by atoms with Gasteiger partial charge in [0, 0.05) is 20.1 Å². The lowest BCUT2D eigenvalue weighted by atomic mass is 9.72. The Morgan fingerprint density at radius 1 is 1.24 bits per heavy atom. The van der Waals surface area contributed by atoms with Crippen LogP contribution in [0, 0.1) is 5.41 Å². The minimum absolute atomic E-state index is 0.0105. The Labute approximate surface area is 104 Å². The van der Waals surface area contributed by atoms with Crippen LogP contribution in [0.3, 0.4) is 0 Å². The predicted octanol–water partition coefficient (Wildman–Crippen LogP) is 1.87. The molecule has 4 nitrogen and oxygen atoms in total. The molecule has 1 aliphatic carbocycles. The molecule has 1 rings (SSSR count). The SMILES string of the molecule is COCCCOC(=O)CC1(CN)CCCCC1. The lowest BCUT2D eigenvalue weighted by Crippen LogP contribution is -2.35. The summed E-state index contributed by atoms with van der Waals surface area (Å²) in [6.07, 6.45) is 7.02. The van der Waals surface area contributed by atoms with Crippen molar-refractivity contribution in [2.45, 2.75) is 44.9 Å². The largest absolute Gasteiger partial charge is 0.466 e. The molecule has 0 aliphatic heterocycles. The van der Waals surface area contributed by atoms with Gasteiger partial charge in [0.15, 0.2) is 0 Å². The van der Waals surface area contributed by atoms with E-state index >= 15 is 0 Å². The van der Waals surface area contributed by atoms with Gasteiger partial charge in [-0.1, -0.05) is 19.3 Å². The van der Waals surface area contributed by atoms with E-state index in [1.54, 1.807) is 7.11 Å². The maximum atomic E-state index is 11.7. The van der Waals surface area contributed by atoms with Gasteiger partial charge in [0.05, 0.1) is 13.0 Å². The zero-order chi connectivity index (χ0) is 12.6. The van der Waals surface area contributed by atoms with E-state index in [1.165, 1.54) is 19.3 Å². The predicted molar refractivity (Wildman–Crippen MR) is 66.6 cm³/mol. The van der Waals surface area contributed by atoms with E-state index in [0.29, 0.717) is 26.2 Å². The first-order chi connectivity index (χ1) is 8.22. The summed E-state index contributed by atoms with van der Waals surface area (Å²) < 4.78 is 10.1. The molecule has 0 bridgehead atoms. The van der Waals surface area contributed by atoms with Crippen molar-refractivity contribution in [1.29, 1.82) is 0 Å². The molecule has 0 saturated heterocycles. The molecule has 0 aromatic rings. The Bertz CT molecular complexity index is 225. The zero-order valence-corrected chi connectivity index (χ0v) is 10.9. The molecule has 4 heteroatoms. The van der Waals surface area contributed by atoms with Gasteiger partial charge >= 0.3 is 5.97 Å². The van der Waals surface area contributed by atoms with Gasteiger partial charge in [-0.15, -0.1) is 0 Å². The highest BCUT2D eigenvalue weighted by molar-refractivity contribution is 5.70. The van der Waals surface area contributed by atoms with Gasteiger partial charge < -0.3 is 15.2 Å². The third-order valence-electron chi connectivity index (χ3n) is 3.62. The molecule has 1 aliphatic rings. The molecular formula is C13H25NO3. The number of carbonyl (C=O) groups excluding carboxylic acids is 1. The van der Waals surface area contributed by atoms with Crippen molar-refractivity contribution < 1.29 is 14.3 Å². The van der Waals surface area contributed by atoms with Gasteiger partial charge in [-0.25, -0.2) is 0 Å². The highest BCUT2D eigenvalue weighted by Gasteiger charge is 2.33. The van der Waals surface area contributed by atoms with Crippen LogP contribution >= 0.6 is 0 Å². The van der Waals surface area contributed by atoms with E-state index < -0.39 is 0 Å². The standard InChI is InChI=1S/C13H25NO3/c1-16-8-5-9-17-12(15)10-13(11-14)6-3-2-4-7-13/h2-11,14H2,1H3. The molecule has 0 spiro atoms. The average Bonchev–Trinajstić information content (AvgIpc) is 2.36. The summed E-state index contributed by atoms with van der Waals surface area (Å²) in [4.78, 5) is 11.7. The summed E-state index contributed by atoms with van der Waals surface area (Å²) in [7, 11) is 1.65. The maximum absolute atomic E-state index is 11.7. The Morgan fingerprint density at radius 3 is 2.53 bits per heavy atom. The molecule has 0 atom stereocenters. The summed E-state index contributed by atoms with van der Waals surface area (Å²) in [5, 5.41) is 0. The summed E-state index contributed by atoms with van der Waals surface area (Å²) >= 11 is 0. The number of carbonyl (C=O) groups is 1. The van der Waals surface area contributed by atoms with Crippen molar-refractivity contribution in [2.24, 2.45) is 11.1 Å². The normalized spacial score (nSPS) is 18.9. The van der Waals surface area contributed by atoms with Crippen molar-refractivity contribution in [3.8, 4) is 0 Å². The van der Waals surface area contributed by atoms with Crippen LogP contribution in [-0.4, -0.2) is 32.8 Å². The molecule has 0 amide bonds. The highest BCUT2D eigenvalue weighted by atomic mass is 16.5. The second-order valence-corrected chi connectivity index (χ2v) is 5.01. The van der Waals surface area contributed by atoms with Crippen molar-refractivity contribution in [3.63, 3.8) is 0 Å². The number of hydrogen-bond donors (Lipinski definition) is 1. The van der Waals surface area contributed by atoms with E-state index in [1.807, 2.05) is 0 Å². The van der Waals surface area contributed by atoms with Gasteiger partial charge in [0.2, 0.25) is 0 Å². The lowest BCUT2D eigenvalue weighted by Gasteiger charge is -2.35. The van der Waals surface area contributed by atoms with Gasteiger partial charge in [-0.05, 0) is 24.8 Å². The molecule has 0 aromatic carbocycles. The fraction of sp³-hybridized carbons (Fsp3) is 0.923. The molecule has 1 fully saturated rings. The van der Waals surface area contributed by atoms with Gasteiger partial charge in [-0.2, -0.15) is 0 Å². The van der Waals surface area contributed by atoms with Crippen LogP contribution in [0.4, 0.5) is 0 Å². The van der Waals surface area contributed by atoms with Crippen molar-refractivity contribution in [3.05, 3.63) is 0 Å². The van der Waals surface area contributed by atoms with Crippen LogP contribution in [-0.2, 0) is 14.3 Å². The Balaban J connectivity index is 2.27. The van der Waals surface area contributed by atoms with Crippen LogP contribution in [0.25, 0.3) is 0 Å². The quantitative estimate of drug-likeness (QED) is 0.547. The molecule has 0 aromatic heterocycles. The monoisotopic (exact) mass is 243 g/mol. The van der Waals surface area contributed by atoms with E-state index in [4.69, 9.17) is 15.2 Å². The molecule has 0 unspecified atom stereocenters. The number of nitrogens with two attached hydrogens (primary N) is 1. The fourth-order valence-corrected chi connectivity index (χ4v) is 2.50.